The van der Waals surface area contributed by atoms with Crippen LogP contribution in [-0.4, -0.2) is 72.4 Å². The largest absolute Gasteiger partial charge is 0.534 e. The van der Waals surface area contributed by atoms with Crippen LogP contribution in [0, 0.1) is 5.92 Å². The minimum atomic E-state index is -5.81. The number of halogens is 3. The molecule has 4 heterocycles. The van der Waals surface area contributed by atoms with Crippen molar-refractivity contribution >= 4 is 22.1 Å². The molecule has 3 aliphatic heterocycles. The van der Waals surface area contributed by atoms with E-state index in [1.807, 2.05) is 20.0 Å². The predicted molar refractivity (Wildman–Crippen MR) is 185 cm³/mol. The number of rotatable bonds is 8. The monoisotopic (exact) mass is 741 g/mol. The van der Waals surface area contributed by atoms with Crippen LogP contribution in [0.25, 0.3) is 22.4 Å². The molecule has 8 rings (SSSR count). The number of H-pyrrole nitrogens is 1. The van der Waals surface area contributed by atoms with Crippen LogP contribution in [0.3, 0.4) is 0 Å². The molecule has 278 valence electrons. The van der Waals surface area contributed by atoms with Gasteiger partial charge in [-0.05, 0) is 104 Å². The van der Waals surface area contributed by atoms with E-state index < -0.39 is 27.8 Å². The third-order valence-corrected chi connectivity index (χ3v) is 13.0. The first kappa shape index (κ1) is 34.9. The Bertz CT molecular complexity index is 2070. The molecule has 1 aromatic heterocycles. The lowest BCUT2D eigenvalue weighted by molar-refractivity contribution is -0.135. The number of hydrogen-bond donors (Lipinski definition) is 2. The minimum absolute atomic E-state index is 0.0543. The maximum Gasteiger partial charge on any atom is 0.534 e. The Hall–Kier alpha value is -4.11. The van der Waals surface area contributed by atoms with E-state index >= 15 is 0 Å². The van der Waals surface area contributed by atoms with Crippen LogP contribution in [0.1, 0.15) is 117 Å². The molecule has 3 fully saturated rings. The first-order chi connectivity index (χ1) is 24.7. The van der Waals surface area contributed by atoms with Crippen LogP contribution in [0.2, 0.25) is 0 Å². The third-order valence-electron chi connectivity index (χ3n) is 12.0. The molecule has 15 heteroatoms. The molecule has 5 aliphatic rings. The van der Waals surface area contributed by atoms with E-state index in [4.69, 9.17) is 13.9 Å². The van der Waals surface area contributed by atoms with Crippen molar-refractivity contribution in [1.82, 2.24) is 25.1 Å². The number of hydrogen-bond acceptors (Lipinski definition) is 8. The number of methoxy groups -OCH3 is 1. The summed E-state index contributed by atoms with van der Waals surface area (Å²) in [6.45, 7) is 4.30. The van der Waals surface area contributed by atoms with Crippen LogP contribution in [0.4, 0.5) is 18.0 Å². The number of benzene rings is 2. The Morgan fingerprint density at radius 3 is 2.23 bits per heavy atom. The summed E-state index contributed by atoms with van der Waals surface area (Å²) in [6.07, 6.45) is 7.11. The van der Waals surface area contributed by atoms with Gasteiger partial charge in [-0.1, -0.05) is 32.0 Å². The van der Waals surface area contributed by atoms with Crippen molar-refractivity contribution < 1.29 is 40.1 Å². The Morgan fingerprint density at radius 2 is 1.56 bits per heavy atom. The van der Waals surface area contributed by atoms with Crippen LogP contribution >= 0.6 is 0 Å². The molecule has 1 saturated carbocycles. The van der Waals surface area contributed by atoms with E-state index in [-0.39, 0.29) is 47.5 Å². The molecule has 4 bridgehead atoms. The van der Waals surface area contributed by atoms with Gasteiger partial charge in [-0.25, -0.2) is 9.78 Å². The Labute approximate surface area is 300 Å². The fourth-order valence-electron chi connectivity index (χ4n) is 9.74. The van der Waals surface area contributed by atoms with Gasteiger partial charge in [0.05, 0.1) is 18.8 Å². The molecule has 2 aliphatic carbocycles. The SMILES string of the molecule is COC(=O)N[C@H](C(=O)N1CCC[C@H]1c1nc(-c2ccc(-c3ccc(OS(=O)(=O)C(F)(F)F)c4c3C3CCC4C3)c3c2C2CCC3N2C)c[nH]1)C(C)C. The zero-order valence-electron chi connectivity index (χ0n) is 29.4. The normalized spacial score (nSPS) is 25.5. The lowest BCUT2D eigenvalue weighted by atomic mass is 9.79. The number of ether oxygens (including phenoxy) is 1. The van der Waals surface area contributed by atoms with E-state index in [2.05, 4.69) is 34.4 Å². The Kier molecular flexibility index (Phi) is 8.40. The van der Waals surface area contributed by atoms with E-state index in [1.165, 1.54) is 24.3 Å². The molecule has 11 nitrogen and oxygen atoms in total. The highest BCUT2D eigenvalue weighted by atomic mass is 32.2. The fraction of sp³-hybridized carbons (Fsp3) is 0.541. The van der Waals surface area contributed by atoms with Crippen LogP contribution < -0.4 is 9.50 Å². The van der Waals surface area contributed by atoms with E-state index in [1.54, 1.807) is 11.0 Å². The lowest BCUT2D eigenvalue weighted by Gasteiger charge is -2.30. The first-order valence-electron chi connectivity index (χ1n) is 18.0. The van der Waals surface area contributed by atoms with E-state index in [0.717, 1.165) is 72.9 Å². The summed E-state index contributed by atoms with van der Waals surface area (Å²) in [5, 5.41) is 2.69. The standard InChI is InChI=1S/C37H42F3N5O6S/c1-18(2)33(43-36(47)50-4)35(46)45-15-5-6-27(45)34-41-17-24(42-34)23-10-9-22(31-25-12-13-26(32(23)31)44(25)3)21-11-14-28(51-52(48,49)37(38,39)40)30-20-8-7-19(16-20)29(21)30/h9-11,14,17-20,25-27,33H,5-8,12-13,15-16H2,1-4H3,(H,41,42)(H,43,47)/t19?,20?,25?,26?,27-,33-/m0/s1. The number of amides is 2. The molecule has 2 aromatic carbocycles. The topological polar surface area (TPSA) is 134 Å². The molecular formula is C37H42F3N5O6S. The molecular weight excluding hydrogens is 699 g/mol. The van der Waals surface area contributed by atoms with Crippen molar-refractivity contribution in [2.24, 2.45) is 5.92 Å². The number of aromatic amines is 1. The van der Waals surface area contributed by atoms with Crippen LogP contribution in [0.15, 0.2) is 30.5 Å². The molecule has 52 heavy (non-hydrogen) atoms. The summed E-state index contributed by atoms with van der Waals surface area (Å²) in [7, 11) is -2.43. The summed E-state index contributed by atoms with van der Waals surface area (Å²) in [6, 6.07) is 6.54. The number of aromatic nitrogens is 2. The fourth-order valence-corrected chi connectivity index (χ4v) is 10.2. The maximum absolute atomic E-state index is 13.7. The van der Waals surface area contributed by atoms with Gasteiger partial charge in [-0.15, -0.1) is 0 Å². The van der Waals surface area contributed by atoms with Gasteiger partial charge >= 0.3 is 21.7 Å². The molecule has 2 saturated heterocycles. The highest BCUT2D eigenvalue weighted by Gasteiger charge is 2.51. The van der Waals surface area contributed by atoms with Gasteiger partial charge in [-0.2, -0.15) is 21.6 Å². The Balaban J connectivity index is 1.17. The zero-order valence-corrected chi connectivity index (χ0v) is 30.2. The van der Waals surface area contributed by atoms with Gasteiger partial charge in [0.15, 0.2) is 0 Å². The van der Waals surface area contributed by atoms with Crippen molar-refractivity contribution in [2.75, 3.05) is 20.7 Å². The summed E-state index contributed by atoms with van der Waals surface area (Å²) in [5.41, 5.74) is 1.99. The highest BCUT2D eigenvalue weighted by Crippen LogP contribution is 2.62. The van der Waals surface area contributed by atoms with Gasteiger partial charge in [0.1, 0.15) is 17.6 Å². The summed E-state index contributed by atoms with van der Waals surface area (Å²) in [5.74, 6) is 0.179. The number of carbonyl (C=O) groups is 2. The highest BCUT2D eigenvalue weighted by molar-refractivity contribution is 7.88. The van der Waals surface area contributed by atoms with Crippen molar-refractivity contribution in [3.63, 3.8) is 0 Å². The van der Waals surface area contributed by atoms with Crippen molar-refractivity contribution in [1.29, 1.82) is 0 Å². The quantitative estimate of drug-likeness (QED) is 0.183. The maximum atomic E-state index is 13.7. The van der Waals surface area contributed by atoms with E-state index in [9.17, 15) is 31.2 Å². The predicted octanol–water partition coefficient (Wildman–Crippen LogP) is 7.20. The second kappa shape index (κ2) is 12.5. The first-order valence-corrected chi connectivity index (χ1v) is 19.4. The van der Waals surface area contributed by atoms with Crippen molar-refractivity contribution in [2.45, 2.75) is 100 Å². The zero-order chi connectivity index (χ0) is 36.9. The Morgan fingerprint density at radius 1 is 0.923 bits per heavy atom. The molecule has 4 unspecified atom stereocenters. The lowest BCUT2D eigenvalue weighted by Crippen LogP contribution is -2.51. The van der Waals surface area contributed by atoms with Crippen molar-refractivity contribution in [3.05, 3.63) is 58.5 Å². The summed E-state index contributed by atoms with van der Waals surface area (Å²) >= 11 is 0. The van der Waals surface area contributed by atoms with Gasteiger partial charge in [-0.3, -0.25) is 9.69 Å². The van der Waals surface area contributed by atoms with Gasteiger partial charge in [0.2, 0.25) is 5.91 Å². The number of nitrogens with zero attached hydrogens (tertiary/aromatic N) is 3. The van der Waals surface area contributed by atoms with Crippen LogP contribution in [0.5, 0.6) is 5.75 Å². The van der Waals surface area contributed by atoms with Crippen molar-refractivity contribution in [3.8, 4) is 28.1 Å². The third kappa shape index (κ3) is 5.40. The van der Waals surface area contributed by atoms with Gasteiger partial charge in [0.25, 0.3) is 0 Å². The summed E-state index contributed by atoms with van der Waals surface area (Å²) < 4.78 is 73.8. The number of imidazole rings is 1. The van der Waals surface area contributed by atoms with Crippen LogP contribution in [-0.2, 0) is 19.6 Å². The van der Waals surface area contributed by atoms with Gasteiger partial charge < -0.3 is 24.1 Å². The number of carbonyl (C=O) groups excluding carboxylic acids is 2. The molecule has 6 atom stereocenters. The smallest absolute Gasteiger partial charge is 0.453 e. The molecule has 0 spiro atoms. The number of fused-ring (bicyclic) bond motifs is 10. The molecule has 3 aromatic rings. The summed E-state index contributed by atoms with van der Waals surface area (Å²) in [4.78, 5) is 38.4. The minimum Gasteiger partial charge on any atom is -0.453 e. The average Bonchev–Trinajstić information content (AvgIpc) is 3.96. The second-order valence-corrected chi connectivity index (χ2v) is 16.6. The molecule has 2 amide bonds. The second-order valence-electron chi connectivity index (χ2n) is 15.1. The molecule has 0 radical (unpaired) electrons. The van der Waals surface area contributed by atoms with E-state index in [0.29, 0.717) is 17.9 Å². The number of alkyl carbamates (subject to hydrolysis) is 1. The molecule has 2 N–H and O–H groups in total. The number of likely N-dealkylation sites (tertiary alicyclic amines) is 1. The average molecular weight is 742 g/mol. The number of alkyl halides is 3. The van der Waals surface area contributed by atoms with Gasteiger partial charge in [0, 0.05) is 36.0 Å². The number of nitrogens with one attached hydrogen (secondary N) is 2.